The Labute approximate surface area is 95.3 Å². The average molecular weight is 232 g/mol. The van der Waals surface area contributed by atoms with Crippen molar-refractivity contribution in [2.75, 3.05) is 12.4 Å². The molecule has 0 atom stereocenters. The second kappa shape index (κ2) is 3.57. The van der Waals surface area contributed by atoms with E-state index in [1.165, 1.54) is 11.5 Å². The molecule has 0 amide bonds. The zero-order chi connectivity index (χ0) is 11.0. The van der Waals surface area contributed by atoms with E-state index in [0.29, 0.717) is 11.9 Å². The number of anilines is 1. The lowest BCUT2D eigenvalue weighted by Gasteiger charge is -1.90. The predicted octanol–water partition coefficient (Wildman–Crippen LogP) is 2.39. The number of rotatable bonds is 2. The summed E-state index contributed by atoms with van der Waals surface area (Å²) in [7, 11) is 1.73. The van der Waals surface area contributed by atoms with E-state index in [9.17, 15) is 0 Å². The SMILES string of the molecule is CNc1nnc(-c2nsc3ccccc23)o1. The van der Waals surface area contributed by atoms with Gasteiger partial charge < -0.3 is 9.73 Å². The molecule has 3 aromatic rings. The summed E-state index contributed by atoms with van der Waals surface area (Å²) >= 11 is 1.43. The van der Waals surface area contributed by atoms with Crippen LogP contribution in [0.25, 0.3) is 21.7 Å². The molecule has 3 rings (SSSR count). The van der Waals surface area contributed by atoms with E-state index in [0.717, 1.165) is 15.8 Å². The van der Waals surface area contributed by atoms with Crippen LogP contribution in [0.2, 0.25) is 0 Å². The highest BCUT2D eigenvalue weighted by Crippen LogP contribution is 2.30. The number of hydrogen-bond donors (Lipinski definition) is 1. The summed E-state index contributed by atoms with van der Waals surface area (Å²) in [6.07, 6.45) is 0. The maximum atomic E-state index is 5.40. The Balaban J connectivity index is 2.18. The molecule has 16 heavy (non-hydrogen) atoms. The molecule has 0 saturated carbocycles. The van der Waals surface area contributed by atoms with Gasteiger partial charge in [-0.3, -0.25) is 0 Å². The molecule has 5 nitrogen and oxygen atoms in total. The molecular formula is C10H8N4OS. The Morgan fingerprint density at radius 3 is 2.94 bits per heavy atom. The number of nitrogens with zero attached hydrogens (tertiary/aromatic N) is 3. The lowest BCUT2D eigenvalue weighted by Crippen LogP contribution is -1.85. The predicted molar refractivity (Wildman–Crippen MR) is 62.5 cm³/mol. The second-order valence-electron chi connectivity index (χ2n) is 3.19. The average Bonchev–Trinajstić information content (AvgIpc) is 2.94. The van der Waals surface area contributed by atoms with Crippen molar-refractivity contribution in [1.29, 1.82) is 0 Å². The van der Waals surface area contributed by atoms with Gasteiger partial charge in [0.05, 0.1) is 4.70 Å². The van der Waals surface area contributed by atoms with Gasteiger partial charge in [-0.1, -0.05) is 23.3 Å². The molecule has 80 valence electrons. The van der Waals surface area contributed by atoms with Crippen molar-refractivity contribution in [3.8, 4) is 11.6 Å². The molecule has 0 radical (unpaired) electrons. The van der Waals surface area contributed by atoms with Gasteiger partial charge >= 0.3 is 6.01 Å². The maximum Gasteiger partial charge on any atom is 0.315 e. The van der Waals surface area contributed by atoms with E-state index >= 15 is 0 Å². The largest absolute Gasteiger partial charge is 0.402 e. The third-order valence-corrected chi connectivity index (χ3v) is 3.05. The number of benzene rings is 1. The van der Waals surface area contributed by atoms with Crippen molar-refractivity contribution in [2.45, 2.75) is 0 Å². The summed E-state index contributed by atoms with van der Waals surface area (Å²) in [4.78, 5) is 0. The van der Waals surface area contributed by atoms with Crippen LogP contribution < -0.4 is 5.32 Å². The standard InChI is InChI=1S/C10H8N4OS/c1-11-10-13-12-9(15-10)8-6-4-2-3-5-7(6)16-14-8/h2-5H,1H3,(H,11,13). The molecular weight excluding hydrogens is 224 g/mol. The highest BCUT2D eigenvalue weighted by molar-refractivity contribution is 7.13. The van der Waals surface area contributed by atoms with E-state index < -0.39 is 0 Å². The lowest BCUT2D eigenvalue weighted by molar-refractivity contribution is 0.584. The van der Waals surface area contributed by atoms with Gasteiger partial charge in [0, 0.05) is 12.4 Å². The van der Waals surface area contributed by atoms with Crippen LogP contribution in [0.5, 0.6) is 0 Å². The maximum absolute atomic E-state index is 5.40. The molecule has 0 aliphatic heterocycles. The van der Waals surface area contributed by atoms with E-state index in [4.69, 9.17) is 4.42 Å². The van der Waals surface area contributed by atoms with Crippen molar-refractivity contribution in [2.24, 2.45) is 0 Å². The molecule has 0 aliphatic rings. The first-order valence-electron chi connectivity index (χ1n) is 4.74. The minimum Gasteiger partial charge on any atom is -0.402 e. The van der Waals surface area contributed by atoms with Crippen LogP contribution in [0, 0.1) is 0 Å². The third-order valence-electron chi connectivity index (χ3n) is 2.22. The Morgan fingerprint density at radius 1 is 1.25 bits per heavy atom. The van der Waals surface area contributed by atoms with Crippen molar-refractivity contribution in [3.63, 3.8) is 0 Å². The minimum absolute atomic E-state index is 0.395. The molecule has 0 aliphatic carbocycles. The van der Waals surface area contributed by atoms with Gasteiger partial charge in [0.1, 0.15) is 5.69 Å². The molecule has 1 N–H and O–H groups in total. The normalized spacial score (nSPS) is 10.8. The van der Waals surface area contributed by atoms with Crippen molar-refractivity contribution in [3.05, 3.63) is 24.3 Å². The molecule has 0 spiro atoms. The minimum atomic E-state index is 0.395. The van der Waals surface area contributed by atoms with Crippen molar-refractivity contribution >= 4 is 27.6 Å². The van der Waals surface area contributed by atoms with Crippen LogP contribution in [-0.2, 0) is 0 Å². The zero-order valence-electron chi connectivity index (χ0n) is 8.47. The highest BCUT2D eigenvalue weighted by atomic mass is 32.1. The summed E-state index contributed by atoms with van der Waals surface area (Å²) in [5, 5.41) is 11.6. The monoisotopic (exact) mass is 232 g/mol. The van der Waals surface area contributed by atoms with Gasteiger partial charge in [-0.15, -0.1) is 5.10 Å². The van der Waals surface area contributed by atoms with Gasteiger partial charge in [0.2, 0.25) is 0 Å². The molecule has 2 aromatic heterocycles. The van der Waals surface area contributed by atoms with Gasteiger partial charge in [-0.2, -0.15) is 4.37 Å². The summed E-state index contributed by atoms with van der Waals surface area (Å²) in [6, 6.07) is 8.36. The fourth-order valence-electron chi connectivity index (χ4n) is 1.46. The Kier molecular flexibility index (Phi) is 2.07. The van der Waals surface area contributed by atoms with Crippen LogP contribution in [0.15, 0.2) is 28.7 Å². The van der Waals surface area contributed by atoms with Crippen LogP contribution in [-0.4, -0.2) is 21.6 Å². The Hall–Kier alpha value is -1.95. The first-order chi connectivity index (χ1) is 7.88. The molecule has 0 unspecified atom stereocenters. The van der Waals surface area contributed by atoms with Crippen LogP contribution >= 0.6 is 11.5 Å². The molecule has 2 heterocycles. The highest BCUT2D eigenvalue weighted by Gasteiger charge is 2.14. The number of hydrogen-bond acceptors (Lipinski definition) is 6. The quantitative estimate of drug-likeness (QED) is 0.735. The second-order valence-corrected chi connectivity index (χ2v) is 3.99. The summed E-state index contributed by atoms with van der Waals surface area (Å²) in [5.74, 6) is 0.446. The molecule has 0 fully saturated rings. The van der Waals surface area contributed by atoms with Gasteiger partial charge in [-0.25, -0.2) is 0 Å². The van der Waals surface area contributed by atoms with Crippen molar-refractivity contribution < 1.29 is 4.42 Å². The van der Waals surface area contributed by atoms with Gasteiger partial charge in [0.15, 0.2) is 0 Å². The van der Waals surface area contributed by atoms with E-state index in [1.54, 1.807) is 7.05 Å². The number of fused-ring (bicyclic) bond motifs is 1. The molecule has 1 aromatic carbocycles. The first kappa shape index (κ1) is 9.29. The fraction of sp³-hybridized carbons (Fsp3) is 0.100. The molecule has 6 heteroatoms. The smallest absolute Gasteiger partial charge is 0.315 e. The van der Waals surface area contributed by atoms with E-state index in [2.05, 4.69) is 19.9 Å². The van der Waals surface area contributed by atoms with E-state index in [-0.39, 0.29) is 0 Å². The van der Waals surface area contributed by atoms with E-state index in [1.807, 2.05) is 24.3 Å². The Morgan fingerprint density at radius 2 is 2.12 bits per heavy atom. The van der Waals surface area contributed by atoms with Crippen LogP contribution in [0.4, 0.5) is 6.01 Å². The summed E-state index contributed by atoms with van der Waals surface area (Å²) in [6.45, 7) is 0. The topological polar surface area (TPSA) is 63.8 Å². The summed E-state index contributed by atoms with van der Waals surface area (Å²) < 4.78 is 10.8. The van der Waals surface area contributed by atoms with Gasteiger partial charge in [-0.05, 0) is 17.6 Å². The fourth-order valence-corrected chi connectivity index (χ4v) is 2.23. The molecule has 0 bridgehead atoms. The van der Waals surface area contributed by atoms with Crippen LogP contribution in [0.1, 0.15) is 0 Å². The third kappa shape index (κ3) is 1.35. The van der Waals surface area contributed by atoms with Crippen LogP contribution in [0.3, 0.4) is 0 Å². The zero-order valence-corrected chi connectivity index (χ0v) is 9.28. The first-order valence-corrected chi connectivity index (χ1v) is 5.52. The Bertz CT molecular complexity index is 630. The summed E-state index contributed by atoms with van der Waals surface area (Å²) in [5.41, 5.74) is 0.745. The lowest BCUT2D eigenvalue weighted by atomic mass is 10.2. The van der Waals surface area contributed by atoms with Gasteiger partial charge in [0.25, 0.3) is 5.89 Å². The number of aromatic nitrogens is 3. The van der Waals surface area contributed by atoms with Crippen molar-refractivity contribution in [1.82, 2.24) is 14.6 Å². The number of nitrogens with one attached hydrogen (secondary N) is 1. The molecule has 0 saturated heterocycles.